The van der Waals surface area contributed by atoms with E-state index in [0.29, 0.717) is 0 Å². The molecule has 0 aromatic heterocycles. The van der Waals surface area contributed by atoms with Crippen molar-refractivity contribution in [1.82, 2.24) is 10.2 Å². The molecule has 2 aliphatic rings. The van der Waals surface area contributed by atoms with Crippen molar-refractivity contribution < 1.29 is 14.7 Å². The van der Waals surface area contributed by atoms with Crippen LogP contribution in [0.15, 0.2) is 0 Å². The second-order valence-electron chi connectivity index (χ2n) is 4.89. The number of carboxylic acids is 1. The van der Waals surface area contributed by atoms with Gasteiger partial charge < -0.3 is 15.3 Å². The molecule has 2 rings (SSSR count). The summed E-state index contributed by atoms with van der Waals surface area (Å²) in [5.74, 6) is -0.907. The predicted molar refractivity (Wildman–Crippen MR) is 58.0 cm³/mol. The summed E-state index contributed by atoms with van der Waals surface area (Å²) in [5.41, 5.74) is 0.277. The van der Waals surface area contributed by atoms with Crippen LogP contribution in [0.1, 0.15) is 25.7 Å². The minimum atomic E-state index is -0.898. The van der Waals surface area contributed by atoms with Crippen molar-refractivity contribution in [2.75, 3.05) is 26.2 Å². The van der Waals surface area contributed by atoms with E-state index in [4.69, 9.17) is 5.11 Å². The third-order valence-electron chi connectivity index (χ3n) is 3.68. The lowest BCUT2D eigenvalue weighted by Crippen LogP contribution is -2.33. The van der Waals surface area contributed by atoms with E-state index in [1.807, 2.05) is 4.90 Å². The van der Waals surface area contributed by atoms with Gasteiger partial charge in [-0.1, -0.05) is 0 Å². The molecule has 0 radical (unpaired) electrons. The number of carbonyl (C=O) groups is 2. The average Bonchev–Trinajstić information content (AvgIpc) is 2.86. The molecule has 2 aliphatic heterocycles. The fourth-order valence-electron chi connectivity index (χ4n) is 2.66. The van der Waals surface area contributed by atoms with Crippen LogP contribution in [0.25, 0.3) is 0 Å². The predicted octanol–water partition coefficient (Wildman–Crippen LogP) is 0.0632. The fourth-order valence-corrected chi connectivity index (χ4v) is 2.66. The molecule has 2 heterocycles. The van der Waals surface area contributed by atoms with Crippen molar-refractivity contribution in [3.63, 3.8) is 0 Å². The largest absolute Gasteiger partial charge is 0.481 e. The molecule has 2 fully saturated rings. The number of carboxylic acid groups (broad SMARTS) is 1. The summed E-state index contributed by atoms with van der Waals surface area (Å²) in [4.78, 5) is 23.9. The van der Waals surface area contributed by atoms with Crippen molar-refractivity contribution in [1.29, 1.82) is 0 Å². The molecule has 5 heteroatoms. The van der Waals surface area contributed by atoms with E-state index in [9.17, 15) is 9.59 Å². The minimum absolute atomic E-state index is 0.00817. The maximum absolute atomic E-state index is 11.7. The minimum Gasteiger partial charge on any atom is -0.481 e. The lowest BCUT2D eigenvalue weighted by Gasteiger charge is -2.22. The van der Waals surface area contributed by atoms with Crippen LogP contribution in [-0.4, -0.2) is 48.1 Å². The summed E-state index contributed by atoms with van der Waals surface area (Å²) in [6, 6.07) is 0. The van der Waals surface area contributed by atoms with Gasteiger partial charge in [0.15, 0.2) is 0 Å². The number of amides is 1. The van der Waals surface area contributed by atoms with Gasteiger partial charge >= 0.3 is 5.97 Å². The topological polar surface area (TPSA) is 69.6 Å². The van der Waals surface area contributed by atoms with Gasteiger partial charge in [0.25, 0.3) is 0 Å². The zero-order chi connectivity index (χ0) is 11.6. The first kappa shape index (κ1) is 11.4. The molecule has 16 heavy (non-hydrogen) atoms. The van der Waals surface area contributed by atoms with Crippen molar-refractivity contribution >= 4 is 11.9 Å². The molecular weight excluding hydrogens is 208 g/mol. The van der Waals surface area contributed by atoms with Gasteiger partial charge in [-0.05, 0) is 19.4 Å². The lowest BCUT2D eigenvalue weighted by atomic mass is 9.86. The molecule has 90 valence electrons. The number of nitrogens with one attached hydrogen (secondary N) is 1. The highest BCUT2D eigenvalue weighted by Crippen LogP contribution is 2.36. The third-order valence-corrected chi connectivity index (χ3v) is 3.68. The SMILES string of the molecule is O=C(O)CCC(=O)N1CCC2(CCNC2)C1. The Morgan fingerprint density at radius 1 is 1.31 bits per heavy atom. The van der Waals surface area contributed by atoms with E-state index in [-0.39, 0.29) is 24.2 Å². The van der Waals surface area contributed by atoms with E-state index in [1.165, 1.54) is 0 Å². The van der Waals surface area contributed by atoms with E-state index in [2.05, 4.69) is 5.32 Å². The second kappa shape index (κ2) is 4.41. The zero-order valence-electron chi connectivity index (χ0n) is 9.37. The summed E-state index contributed by atoms with van der Waals surface area (Å²) in [7, 11) is 0. The van der Waals surface area contributed by atoms with Crippen LogP contribution in [0.5, 0.6) is 0 Å². The standard InChI is InChI=1S/C11H18N2O3/c14-9(1-2-10(15)16)13-6-4-11(8-13)3-5-12-7-11/h12H,1-8H2,(H,15,16). The van der Waals surface area contributed by atoms with Crippen molar-refractivity contribution in [3.8, 4) is 0 Å². The van der Waals surface area contributed by atoms with Gasteiger partial charge in [0.1, 0.15) is 0 Å². The Labute approximate surface area is 94.8 Å². The van der Waals surface area contributed by atoms with E-state index in [1.54, 1.807) is 0 Å². The number of carbonyl (C=O) groups excluding carboxylic acids is 1. The quantitative estimate of drug-likeness (QED) is 0.714. The Morgan fingerprint density at radius 2 is 2.12 bits per heavy atom. The maximum Gasteiger partial charge on any atom is 0.303 e. The van der Waals surface area contributed by atoms with Crippen LogP contribution in [0.4, 0.5) is 0 Å². The Bertz CT molecular complexity index is 298. The maximum atomic E-state index is 11.7. The molecule has 1 spiro atoms. The summed E-state index contributed by atoms with van der Waals surface area (Å²) in [5, 5.41) is 11.9. The molecule has 1 unspecified atom stereocenters. The van der Waals surface area contributed by atoms with Gasteiger partial charge in [0.05, 0.1) is 6.42 Å². The summed E-state index contributed by atoms with van der Waals surface area (Å²) >= 11 is 0. The molecule has 0 saturated carbocycles. The van der Waals surface area contributed by atoms with E-state index >= 15 is 0 Å². The molecule has 0 aromatic carbocycles. The highest BCUT2D eigenvalue weighted by atomic mass is 16.4. The van der Waals surface area contributed by atoms with Gasteiger partial charge in [0.2, 0.25) is 5.91 Å². The lowest BCUT2D eigenvalue weighted by molar-refractivity contribution is -0.140. The first-order chi connectivity index (χ1) is 7.61. The van der Waals surface area contributed by atoms with Crippen molar-refractivity contribution in [2.24, 2.45) is 5.41 Å². The smallest absolute Gasteiger partial charge is 0.303 e. The first-order valence-corrected chi connectivity index (χ1v) is 5.82. The number of hydrogen-bond acceptors (Lipinski definition) is 3. The summed E-state index contributed by atoms with van der Waals surface area (Å²) in [6.45, 7) is 3.63. The van der Waals surface area contributed by atoms with Crippen LogP contribution in [-0.2, 0) is 9.59 Å². The fraction of sp³-hybridized carbons (Fsp3) is 0.818. The average molecular weight is 226 g/mol. The van der Waals surface area contributed by atoms with Crippen LogP contribution in [0.2, 0.25) is 0 Å². The van der Waals surface area contributed by atoms with Crippen molar-refractivity contribution in [2.45, 2.75) is 25.7 Å². The molecule has 0 aromatic rings. The Morgan fingerprint density at radius 3 is 2.75 bits per heavy atom. The van der Waals surface area contributed by atoms with Crippen LogP contribution in [0, 0.1) is 5.41 Å². The molecule has 1 atom stereocenters. The van der Waals surface area contributed by atoms with Crippen LogP contribution in [0.3, 0.4) is 0 Å². The van der Waals surface area contributed by atoms with Gasteiger partial charge in [-0.25, -0.2) is 0 Å². The Hall–Kier alpha value is -1.10. The van der Waals surface area contributed by atoms with Gasteiger partial charge in [-0.15, -0.1) is 0 Å². The van der Waals surface area contributed by atoms with Gasteiger partial charge in [0, 0.05) is 31.5 Å². The number of aliphatic carboxylic acids is 1. The molecule has 2 saturated heterocycles. The highest BCUT2D eigenvalue weighted by Gasteiger charge is 2.41. The van der Waals surface area contributed by atoms with Crippen molar-refractivity contribution in [3.05, 3.63) is 0 Å². The summed E-state index contributed by atoms with van der Waals surface area (Å²) < 4.78 is 0. The number of rotatable bonds is 3. The van der Waals surface area contributed by atoms with Crippen LogP contribution >= 0.6 is 0 Å². The molecule has 5 nitrogen and oxygen atoms in total. The molecule has 0 bridgehead atoms. The summed E-state index contributed by atoms with van der Waals surface area (Å²) in [6.07, 6.45) is 2.27. The first-order valence-electron chi connectivity index (χ1n) is 5.82. The second-order valence-corrected chi connectivity index (χ2v) is 4.89. The molecular formula is C11H18N2O3. The molecule has 0 aliphatic carbocycles. The molecule has 1 amide bonds. The van der Waals surface area contributed by atoms with Gasteiger partial charge in [-0.2, -0.15) is 0 Å². The van der Waals surface area contributed by atoms with E-state index in [0.717, 1.165) is 39.0 Å². The zero-order valence-corrected chi connectivity index (χ0v) is 9.37. The number of likely N-dealkylation sites (tertiary alicyclic amines) is 1. The Kier molecular flexibility index (Phi) is 3.14. The monoisotopic (exact) mass is 226 g/mol. The van der Waals surface area contributed by atoms with E-state index < -0.39 is 5.97 Å². The molecule has 2 N–H and O–H groups in total. The Balaban J connectivity index is 1.83. The number of hydrogen-bond donors (Lipinski definition) is 2. The third kappa shape index (κ3) is 2.35. The van der Waals surface area contributed by atoms with Gasteiger partial charge in [-0.3, -0.25) is 9.59 Å². The van der Waals surface area contributed by atoms with Crippen LogP contribution < -0.4 is 5.32 Å². The highest BCUT2D eigenvalue weighted by molar-refractivity contribution is 5.81. The number of nitrogens with zero attached hydrogens (tertiary/aromatic N) is 1. The normalized spacial score (nSPS) is 28.9.